The number of halogens is 2. The number of nitrogens with zero attached hydrogens (tertiary/aromatic N) is 1. The first-order valence-electron chi connectivity index (χ1n) is 3.94. The number of carbonyl (C=O) groups excluding carboxylic acids is 1. The highest BCUT2D eigenvalue weighted by atomic mass is 19.2. The Labute approximate surface area is 69.5 Å². The van der Waals surface area contributed by atoms with Gasteiger partial charge in [-0.25, -0.2) is 8.78 Å². The third-order valence-electron chi connectivity index (χ3n) is 1.89. The minimum absolute atomic E-state index is 0.125. The summed E-state index contributed by atoms with van der Waals surface area (Å²) < 4.78 is 25.2. The molecule has 1 amide bonds. The molecule has 0 saturated carbocycles. The number of alkyl halides is 2. The van der Waals surface area contributed by atoms with Crippen LogP contribution in [0.25, 0.3) is 0 Å². The molecule has 2 unspecified atom stereocenters. The maximum atomic E-state index is 12.6. The zero-order valence-corrected chi connectivity index (χ0v) is 6.67. The Balaban J connectivity index is 2.42. The van der Waals surface area contributed by atoms with Gasteiger partial charge in [-0.3, -0.25) is 4.79 Å². The first-order chi connectivity index (χ1) is 5.66. The summed E-state index contributed by atoms with van der Waals surface area (Å²) in [4.78, 5) is 12.1. The minimum Gasteiger partial charge on any atom is -0.337 e. The monoisotopic (exact) mass is 178 g/mol. The van der Waals surface area contributed by atoms with Crippen LogP contribution in [-0.2, 0) is 4.79 Å². The van der Waals surface area contributed by atoms with Crippen LogP contribution in [0.2, 0.25) is 0 Å². The molecule has 1 aliphatic rings. The first kappa shape index (κ1) is 9.38. The second-order valence-electron chi connectivity index (χ2n) is 2.84. The maximum absolute atomic E-state index is 12.6. The molecule has 70 valence electrons. The van der Waals surface area contributed by atoms with E-state index in [2.05, 4.69) is 0 Å². The van der Waals surface area contributed by atoms with Crippen LogP contribution in [0.15, 0.2) is 0 Å². The highest BCUT2D eigenvalue weighted by Gasteiger charge is 2.40. The van der Waals surface area contributed by atoms with Crippen molar-refractivity contribution in [2.75, 3.05) is 19.6 Å². The molecule has 0 bridgehead atoms. The molecule has 2 N–H and O–H groups in total. The SMILES string of the molecule is NCCCN1CC(F)C(F)C1=O. The van der Waals surface area contributed by atoms with Crippen molar-refractivity contribution >= 4 is 5.91 Å². The molecule has 2 atom stereocenters. The number of amides is 1. The van der Waals surface area contributed by atoms with E-state index in [1.165, 1.54) is 4.90 Å². The summed E-state index contributed by atoms with van der Waals surface area (Å²) in [5.41, 5.74) is 5.20. The Morgan fingerprint density at radius 1 is 1.58 bits per heavy atom. The Kier molecular flexibility index (Phi) is 2.97. The highest BCUT2D eigenvalue weighted by Crippen LogP contribution is 2.17. The van der Waals surface area contributed by atoms with Gasteiger partial charge < -0.3 is 10.6 Å². The average Bonchev–Trinajstić information content (AvgIpc) is 2.30. The van der Waals surface area contributed by atoms with Crippen LogP contribution in [0.5, 0.6) is 0 Å². The lowest BCUT2D eigenvalue weighted by molar-refractivity contribution is -0.132. The van der Waals surface area contributed by atoms with Crippen LogP contribution in [0.4, 0.5) is 8.78 Å². The zero-order chi connectivity index (χ0) is 9.14. The number of nitrogens with two attached hydrogens (primary N) is 1. The van der Waals surface area contributed by atoms with Gasteiger partial charge >= 0.3 is 0 Å². The van der Waals surface area contributed by atoms with Crippen molar-refractivity contribution in [2.45, 2.75) is 18.8 Å². The van der Waals surface area contributed by atoms with Crippen molar-refractivity contribution in [3.05, 3.63) is 0 Å². The summed E-state index contributed by atoms with van der Waals surface area (Å²) in [5.74, 6) is -0.740. The minimum atomic E-state index is -1.96. The van der Waals surface area contributed by atoms with Crippen LogP contribution in [0.3, 0.4) is 0 Å². The lowest BCUT2D eigenvalue weighted by Gasteiger charge is -2.13. The molecule has 1 fully saturated rings. The molecular weight excluding hydrogens is 166 g/mol. The summed E-state index contributed by atoms with van der Waals surface area (Å²) in [6, 6.07) is 0. The van der Waals surface area contributed by atoms with Crippen molar-refractivity contribution in [3.8, 4) is 0 Å². The predicted molar refractivity (Wildman–Crippen MR) is 40.0 cm³/mol. The van der Waals surface area contributed by atoms with Crippen molar-refractivity contribution in [2.24, 2.45) is 5.73 Å². The van der Waals surface area contributed by atoms with Crippen molar-refractivity contribution in [1.82, 2.24) is 4.90 Å². The molecule has 3 nitrogen and oxygen atoms in total. The fraction of sp³-hybridized carbons (Fsp3) is 0.857. The predicted octanol–water partition coefficient (Wildman–Crippen LogP) is -0.146. The van der Waals surface area contributed by atoms with Crippen molar-refractivity contribution in [1.29, 1.82) is 0 Å². The average molecular weight is 178 g/mol. The first-order valence-corrected chi connectivity index (χ1v) is 3.94. The molecule has 0 aliphatic carbocycles. The van der Waals surface area contributed by atoms with Gasteiger partial charge in [0.1, 0.15) is 0 Å². The molecular formula is C7H12F2N2O. The largest absolute Gasteiger partial charge is 0.337 e. The smallest absolute Gasteiger partial charge is 0.260 e. The molecule has 1 rings (SSSR count). The second-order valence-corrected chi connectivity index (χ2v) is 2.84. The molecule has 0 radical (unpaired) electrons. The van der Waals surface area contributed by atoms with Crippen molar-refractivity contribution < 1.29 is 13.6 Å². The number of hydrogen-bond donors (Lipinski definition) is 1. The molecule has 12 heavy (non-hydrogen) atoms. The molecule has 5 heteroatoms. The van der Waals surface area contributed by atoms with E-state index in [1.807, 2.05) is 0 Å². The van der Waals surface area contributed by atoms with E-state index in [9.17, 15) is 13.6 Å². The van der Waals surface area contributed by atoms with E-state index in [0.29, 0.717) is 19.5 Å². The van der Waals surface area contributed by atoms with Crippen LogP contribution >= 0.6 is 0 Å². The van der Waals surface area contributed by atoms with E-state index in [-0.39, 0.29) is 6.54 Å². The van der Waals surface area contributed by atoms with Gasteiger partial charge in [0.15, 0.2) is 6.17 Å². The summed E-state index contributed by atoms with van der Waals surface area (Å²) >= 11 is 0. The highest BCUT2D eigenvalue weighted by molar-refractivity contribution is 5.83. The van der Waals surface area contributed by atoms with Gasteiger partial charge in [-0.1, -0.05) is 0 Å². The van der Waals surface area contributed by atoms with Crippen LogP contribution in [-0.4, -0.2) is 42.8 Å². The fourth-order valence-corrected chi connectivity index (χ4v) is 1.21. The van der Waals surface area contributed by atoms with E-state index >= 15 is 0 Å². The Morgan fingerprint density at radius 3 is 2.67 bits per heavy atom. The van der Waals surface area contributed by atoms with Gasteiger partial charge in [0.25, 0.3) is 5.91 Å². The van der Waals surface area contributed by atoms with Gasteiger partial charge in [0.2, 0.25) is 6.17 Å². The summed E-state index contributed by atoms with van der Waals surface area (Å²) in [6.07, 6.45) is -3.02. The molecule has 1 saturated heterocycles. The van der Waals surface area contributed by atoms with E-state index in [0.717, 1.165) is 0 Å². The number of hydrogen-bond acceptors (Lipinski definition) is 2. The molecule has 0 spiro atoms. The third kappa shape index (κ3) is 1.72. The molecule has 0 aromatic heterocycles. The lowest BCUT2D eigenvalue weighted by Crippen LogP contribution is -2.29. The van der Waals surface area contributed by atoms with E-state index in [4.69, 9.17) is 5.73 Å². The van der Waals surface area contributed by atoms with Crippen LogP contribution < -0.4 is 5.73 Å². The Bertz CT molecular complexity index is 177. The van der Waals surface area contributed by atoms with Gasteiger partial charge in [-0.05, 0) is 13.0 Å². The third-order valence-corrected chi connectivity index (χ3v) is 1.89. The molecule has 0 aromatic rings. The van der Waals surface area contributed by atoms with E-state index in [1.54, 1.807) is 0 Å². The summed E-state index contributed by atoms with van der Waals surface area (Å²) in [7, 11) is 0. The number of carbonyl (C=O) groups is 1. The second kappa shape index (κ2) is 3.80. The number of rotatable bonds is 3. The Hall–Kier alpha value is -0.710. The van der Waals surface area contributed by atoms with Crippen LogP contribution in [0, 0.1) is 0 Å². The van der Waals surface area contributed by atoms with Gasteiger partial charge in [-0.15, -0.1) is 0 Å². The molecule has 0 aromatic carbocycles. The fourth-order valence-electron chi connectivity index (χ4n) is 1.21. The van der Waals surface area contributed by atoms with Crippen LogP contribution in [0.1, 0.15) is 6.42 Å². The molecule has 1 heterocycles. The maximum Gasteiger partial charge on any atom is 0.260 e. The topological polar surface area (TPSA) is 46.3 Å². The van der Waals surface area contributed by atoms with Gasteiger partial charge in [0, 0.05) is 6.54 Å². The standard InChI is InChI=1S/C7H12F2N2O/c8-5-4-11(3-1-2-10)7(12)6(5)9/h5-6H,1-4,10H2. The van der Waals surface area contributed by atoms with Crippen molar-refractivity contribution in [3.63, 3.8) is 0 Å². The zero-order valence-electron chi connectivity index (χ0n) is 6.67. The van der Waals surface area contributed by atoms with Gasteiger partial charge in [0.05, 0.1) is 6.54 Å². The Morgan fingerprint density at radius 2 is 2.25 bits per heavy atom. The van der Waals surface area contributed by atoms with Gasteiger partial charge in [-0.2, -0.15) is 0 Å². The molecule has 1 aliphatic heterocycles. The summed E-state index contributed by atoms with van der Waals surface area (Å²) in [5, 5.41) is 0. The lowest BCUT2D eigenvalue weighted by atomic mass is 10.3. The number of likely N-dealkylation sites (tertiary alicyclic amines) is 1. The quantitative estimate of drug-likeness (QED) is 0.653. The summed E-state index contributed by atoms with van der Waals surface area (Å²) in [6.45, 7) is 0.661. The normalized spacial score (nSPS) is 29.9. The van der Waals surface area contributed by atoms with E-state index < -0.39 is 18.3 Å².